The minimum absolute atomic E-state index is 0.0268. The van der Waals surface area contributed by atoms with Crippen molar-refractivity contribution in [2.75, 3.05) is 6.61 Å². The van der Waals surface area contributed by atoms with Gasteiger partial charge in [-0.25, -0.2) is 0 Å². The number of hydrogen-bond donors (Lipinski definition) is 2. The zero-order chi connectivity index (χ0) is 11.4. The number of hydrogen-bond acceptors (Lipinski definition) is 3. The number of allylic oxidation sites excluding steroid dienone is 2. The third kappa shape index (κ3) is 2.44. The average Bonchev–Trinajstić information content (AvgIpc) is 2.30. The van der Waals surface area contributed by atoms with Crippen molar-refractivity contribution in [1.29, 1.82) is 0 Å². The number of aliphatic hydroxyl groups excluding tert-OH is 1. The number of aliphatic hydroxyl groups is 1. The Morgan fingerprint density at radius 1 is 1.31 bits per heavy atom. The summed E-state index contributed by atoms with van der Waals surface area (Å²) in [6.45, 7) is 1.93. The van der Waals surface area contributed by atoms with Crippen LogP contribution in [0.3, 0.4) is 0 Å². The predicted molar refractivity (Wildman–Crippen MR) is 62.9 cm³/mol. The Labute approximate surface area is 95.1 Å². The molecule has 2 N–H and O–H groups in total. The summed E-state index contributed by atoms with van der Waals surface area (Å²) in [5.41, 5.74) is -0.446. The van der Waals surface area contributed by atoms with Crippen molar-refractivity contribution >= 4 is 0 Å². The quantitative estimate of drug-likeness (QED) is 0.811. The molecular weight excluding hydrogens is 202 g/mol. The lowest BCUT2D eigenvalue weighted by atomic mass is 10.0. The summed E-state index contributed by atoms with van der Waals surface area (Å²) in [6.07, 6.45) is 5.63. The highest BCUT2D eigenvalue weighted by molar-refractivity contribution is 5.27. The van der Waals surface area contributed by atoms with Crippen molar-refractivity contribution in [2.45, 2.75) is 12.5 Å². The summed E-state index contributed by atoms with van der Waals surface area (Å²) in [6, 6.07) is 9.54. The van der Waals surface area contributed by atoms with Gasteiger partial charge in [-0.05, 0) is 25.1 Å². The summed E-state index contributed by atoms with van der Waals surface area (Å²) in [4.78, 5) is 0. The highest BCUT2D eigenvalue weighted by atomic mass is 16.5. The lowest BCUT2D eigenvalue weighted by Crippen LogP contribution is -2.45. The van der Waals surface area contributed by atoms with E-state index in [0.29, 0.717) is 5.88 Å². The molecule has 0 saturated heterocycles. The van der Waals surface area contributed by atoms with E-state index in [-0.39, 0.29) is 6.61 Å². The number of nitrogens with one attached hydrogen (secondary N) is 1. The summed E-state index contributed by atoms with van der Waals surface area (Å²) >= 11 is 0. The van der Waals surface area contributed by atoms with Crippen LogP contribution in [0, 0.1) is 0 Å². The Kier molecular flexibility index (Phi) is 2.97. The number of rotatable bonds is 3. The molecule has 1 aromatic rings. The summed E-state index contributed by atoms with van der Waals surface area (Å²) in [5, 5.41) is 12.4. The van der Waals surface area contributed by atoms with Crippen LogP contribution in [0.2, 0.25) is 0 Å². The second kappa shape index (κ2) is 4.41. The molecule has 3 heteroatoms. The van der Waals surface area contributed by atoms with Gasteiger partial charge in [-0.1, -0.05) is 30.4 Å². The van der Waals surface area contributed by atoms with Gasteiger partial charge in [0.15, 0.2) is 5.88 Å². The third-order valence-electron chi connectivity index (χ3n) is 2.42. The van der Waals surface area contributed by atoms with Gasteiger partial charge in [0.05, 0.1) is 12.1 Å². The van der Waals surface area contributed by atoms with Crippen LogP contribution < -0.4 is 10.1 Å². The van der Waals surface area contributed by atoms with Crippen molar-refractivity contribution < 1.29 is 9.84 Å². The Morgan fingerprint density at radius 2 is 2.06 bits per heavy atom. The molecule has 0 saturated carbocycles. The van der Waals surface area contributed by atoms with Gasteiger partial charge < -0.3 is 15.2 Å². The molecule has 0 spiro atoms. The van der Waals surface area contributed by atoms with E-state index in [1.807, 2.05) is 55.5 Å². The van der Waals surface area contributed by atoms with E-state index in [1.54, 1.807) is 0 Å². The maximum Gasteiger partial charge on any atom is 0.194 e. The molecule has 84 valence electrons. The Bertz CT molecular complexity index is 411. The first kappa shape index (κ1) is 10.8. The SMILES string of the molecule is CC1(CO)C=CC=C(Oc2ccccc2)N1. The molecular formula is C13H15NO2. The van der Waals surface area contributed by atoms with Crippen LogP contribution >= 0.6 is 0 Å². The van der Waals surface area contributed by atoms with Crippen LogP contribution in [0.4, 0.5) is 0 Å². The van der Waals surface area contributed by atoms with E-state index >= 15 is 0 Å². The van der Waals surface area contributed by atoms with Gasteiger partial charge in [0, 0.05) is 0 Å². The largest absolute Gasteiger partial charge is 0.441 e. The smallest absolute Gasteiger partial charge is 0.194 e. The van der Waals surface area contributed by atoms with Gasteiger partial charge in [-0.2, -0.15) is 0 Å². The van der Waals surface area contributed by atoms with Crippen molar-refractivity contribution in [1.82, 2.24) is 5.32 Å². The maximum absolute atomic E-state index is 9.24. The average molecular weight is 217 g/mol. The fourth-order valence-corrected chi connectivity index (χ4v) is 1.48. The Hall–Kier alpha value is -1.74. The molecule has 1 aromatic carbocycles. The monoisotopic (exact) mass is 217 g/mol. The van der Waals surface area contributed by atoms with E-state index in [1.165, 1.54) is 0 Å². The molecule has 2 rings (SSSR count). The van der Waals surface area contributed by atoms with Gasteiger partial charge >= 0.3 is 0 Å². The van der Waals surface area contributed by atoms with Gasteiger partial charge in [0.1, 0.15) is 5.75 Å². The highest BCUT2D eigenvalue weighted by Gasteiger charge is 2.23. The fourth-order valence-electron chi connectivity index (χ4n) is 1.48. The molecule has 0 aliphatic carbocycles. The first-order chi connectivity index (χ1) is 7.72. The van der Waals surface area contributed by atoms with Gasteiger partial charge in [-0.3, -0.25) is 0 Å². The Morgan fingerprint density at radius 3 is 2.75 bits per heavy atom. The molecule has 1 heterocycles. The van der Waals surface area contributed by atoms with Crippen LogP contribution in [0.5, 0.6) is 5.75 Å². The van der Waals surface area contributed by atoms with Crippen LogP contribution in [0.15, 0.2) is 54.4 Å². The molecule has 1 aliphatic rings. The molecule has 1 unspecified atom stereocenters. The molecule has 16 heavy (non-hydrogen) atoms. The molecule has 1 atom stereocenters. The van der Waals surface area contributed by atoms with Crippen LogP contribution in [0.1, 0.15) is 6.92 Å². The molecule has 0 aromatic heterocycles. The topological polar surface area (TPSA) is 41.5 Å². The zero-order valence-corrected chi connectivity index (χ0v) is 9.18. The van der Waals surface area contributed by atoms with Crippen LogP contribution in [-0.2, 0) is 0 Å². The van der Waals surface area contributed by atoms with Crippen molar-refractivity contribution in [3.05, 3.63) is 54.4 Å². The van der Waals surface area contributed by atoms with E-state index in [2.05, 4.69) is 5.32 Å². The number of ether oxygens (including phenoxy) is 1. The number of benzene rings is 1. The maximum atomic E-state index is 9.24. The molecule has 0 bridgehead atoms. The third-order valence-corrected chi connectivity index (χ3v) is 2.42. The first-order valence-corrected chi connectivity index (χ1v) is 5.23. The molecule has 0 fully saturated rings. The summed E-state index contributed by atoms with van der Waals surface area (Å²) in [5.74, 6) is 1.42. The molecule has 3 nitrogen and oxygen atoms in total. The minimum Gasteiger partial charge on any atom is -0.441 e. The second-order valence-electron chi connectivity index (χ2n) is 4.01. The van der Waals surface area contributed by atoms with E-state index < -0.39 is 5.54 Å². The van der Waals surface area contributed by atoms with Gasteiger partial charge in [0.25, 0.3) is 0 Å². The number of dihydropyridines is 1. The molecule has 0 radical (unpaired) electrons. The predicted octanol–water partition coefficient (Wildman–Crippen LogP) is 1.82. The first-order valence-electron chi connectivity index (χ1n) is 5.23. The summed E-state index contributed by atoms with van der Waals surface area (Å²) in [7, 11) is 0. The zero-order valence-electron chi connectivity index (χ0n) is 9.18. The van der Waals surface area contributed by atoms with E-state index in [9.17, 15) is 5.11 Å². The van der Waals surface area contributed by atoms with Gasteiger partial charge in [-0.15, -0.1) is 0 Å². The van der Waals surface area contributed by atoms with E-state index in [4.69, 9.17) is 4.74 Å². The molecule has 0 amide bonds. The van der Waals surface area contributed by atoms with Crippen LogP contribution in [0.25, 0.3) is 0 Å². The molecule has 1 aliphatic heterocycles. The van der Waals surface area contributed by atoms with Crippen molar-refractivity contribution in [3.63, 3.8) is 0 Å². The minimum atomic E-state index is -0.446. The summed E-state index contributed by atoms with van der Waals surface area (Å²) < 4.78 is 5.64. The van der Waals surface area contributed by atoms with Crippen LogP contribution in [-0.4, -0.2) is 17.3 Å². The normalized spacial score (nSPS) is 23.5. The highest BCUT2D eigenvalue weighted by Crippen LogP contribution is 2.17. The Balaban J connectivity index is 2.07. The van der Waals surface area contributed by atoms with E-state index in [0.717, 1.165) is 5.75 Å². The fraction of sp³-hybridized carbons (Fsp3) is 0.231. The lowest BCUT2D eigenvalue weighted by Gasteiger charge is -2.29. The lowest BCUT2D eigenvalue weighted by molar-refractivity contribution is 0.198. The van der Waals surface area contributed by atoms with Gasteiger partial charge in [0.2, 0.25) is 0 Å². The van der Waals surface area contributed by atoms with Crippen molar-refractivity contribution in [2.24, 2.45) is 0 Å². The van der Waals surface area contributed by atoms with Crippen molar-refractivity contribution in [3.8, 4) is 5.75 Å². The second-order valence-corrected chi connectivity index (χ2v) is 4.01. The number of para-hydroxylation sites is 1. The standard InChI is InChI=1S/C13H15NO2/c1-13(10-15)9-5-8-12(14-13)16-11-6-3-2-4-7-11/h2-9,14-15H,10H2,1H3.